The summed E-state index contributed by atoms with van der Waals surface area (Å²) in [4.78, 5) is 60.5. The van der Waals surface area contributed by atoms with E-state index in [2.05, 4.69) is 5.32 Å². The molecule has 0 aromatic heterocycles. The third kappa shape index (κ3) is 13.7. The molecule has 39 heavy (non-hydrogen) atoms. The molecule has 0 saturated carbocycles. The first-order chi connectivity index (χ1) is 16.7. The molecule has 0 aliphatic carbocycles. The van der Waals surface area contributed by atoms with Gasteiger partial charge in [-0.1, -0.05) is 18.6 Å². The average molecular weight is 665 g/mol. The number of amides is 2. The van der Waals surface area contributed by atoms with Crippen LogP contribution in [0.4, 0.5) is 5.69 Å². The third-order valence-electron chi connectivity index (χ3n) is 5.83. The van der Waals surface area contributed by atoms with E-state index in [1.54, 1.807) is 24.3 Å². The normalized spacial score (nSPS) is 12.8. The van der Waals surface area contributed by atoms with E-state index in [0.29, 0.717) is 19.5 Å². The molecular weight excluding hydrogens is 628 g/mol. The Kier molecular flexibility index (Phi) is 24.5. The van der Waals surface area contributed by atoms with E-state index < -0.39 is 38.6 Å². The number of unbranched alkanes of at least 4 members (excludes halogenated alkanes) is 2. The number of alkyl halides is 2. The number of hydrogen-bond acceptors (Lipinski definition) is 6. The summed E-state index contributed by atoms with van der Waals surface area (Å²) in [5, 5.41) is 9.02. The zero-order valence-electron chi connectivity index (χ0n) is 19.6. The van der Waals surface area contributed by atoms with Crippen molar-refractivity contribution in [2.24, 2.45) is 5.73 Å². The molecule has 1 aromatic carbocycles. The molecule has 0 spiro atoms. The predicted molar refractivity (Wildman–Crippen MR) is 159 cm³/mol. The molecule has 0 heterocycles. The van der Waals surface area contributed by atoms with Crippen LogP contribution in [-0.2, 0) is 25.1 Å². The van der Waals surface area contributed by atoms with Crippen molar-refractivity contribution in [3.05, 3.63) is 29.8 Å². The molecule has 12 nitrogen and oxygen atoms in total. The van der Waals surface area contributed by atoms with Gasteiger partial charge in [-0.2, -0.15) is 0 Å². The quantitative estimate of drug-likeness (QED) is 0.0276. The Morgan fingerprint density at radius 1 is 0.974 bits per heavy atom. The molecule has 0 radical (unpaired) electrons. The van der Waals surface area contributed by atoms with Crippen molar-refractivity contribution in [1.82, 2.24) is 9.80 Å². The maximum atomic E-state index is 12.3. The van der Waals surface area contributed by atoms with Gasteiger partial charge in [0.05, 0.1) is 17.8 Å². The zero-order chi connectivity index (χ0) is 27.6. The molecular formula is C20H37Cl2N3Na3O9P2+. The Hall–Kier alpha value is 2.12. The fourth-order valence-electron chi connectivity index (χ4n) is 3.58. The van der Waals surface area contributed by atoms with Crippen molar-refractivity contribution in [1.29, 1.82) is 0 Å². The first-order valence-electron chi connectivity index (χ1n) is 11.1. The second-order valence-electron chi connectivity index (χ2n) is 8.41. The van der Waals surface area contributed by atoms with E-state index in [0.717, 1.165) is 17.7 Å². The summed E-state index contributed by atoms with van der Waals surface area (Å²) in [6, 6.07) is 6.21. The van der Waals surface area contributed by atoms with Crippen molar-refractivity contribution in [2.75, 3.05) is 31.4 Å². The van der Waals surface area contributed by atoms with Crippen molar-refractivity contribution >= 4 is 145 Å². The van der Waals surface area contributed by atoms with Crippen LogP contribution in [-0.4, -0.2) is 168 Å². The first kappa shape index (κ1) is 45.5. The van der Waals surface area contributed by atoms with Gasteiger partial charge < -0.3 is 35.7 Å². The number of nitrogens with two attached hydrogens (primary N) is 1. The molecule has 0 bridgehead atoms. The SMILES string of the molecule is N[C@@H](Cc1ccc([N+](C=O)(CCCl)CCCl)cc1)C(=O)NCCCCCC(O)(P(=O)(O)O)P(=O)(O)O.[NaH].[NaH].[NaH]. The fraction of sp³-hybridized carbons (Fsp3) is 0.600. The van der Waals surface area contributed by atoms with Crippen LogP contribution in [0.2, 0.25) is 0 Å². The van der Waals surface area contributed by atoms with Crippen molar-refractivity contribution < 1.29 is 43.4 Å². The number of nitrogens with zero attached hydrogens (tertiary/aromatic N) is 1. The van der Waals surface area contributed by atoms with E-state index in [1.807, 2.05) is 0 Å². The van der Waals surface area contributed by atoms with Gasteiger partial charge in [0.15, 0.2) is 0 Å². The van der Waals surface area contributed by atoms with E-state index in [1.165, 1.54) is 0 Å². The molecule has 1 aromatic rings. The van der Waals surface area contributed by atoms with Gasteiger partial charge in [0.1, 0.15) is 18.8 Å². The van der Waals surface area contributed by atoms with Crippen LogP contribution in [0.25, 0.3) is 0 Å². The average Bonchev–Trinajstić information content (AvgIpc) is 2.79. The Morgan fingerprint density at radius 3 is 1.87 bits per heavy atom. The summed E-state index contributed by atoms with van der Waals surface area (Å²) in [5.74, 6) is 0.121. The number of aliphatic hydroxyl groups is 1. The summed E-state index contributed by atoms with van der Waals surface area (Å²) in [6.07, 6.45) is 0.715. The molecule has 2 amide bonds. The van der Waals surface area contributed by atoms with Gasteiger partial charge in [-0.25, -0.2) is 9.28 Å². The summed E-state index contributed by atoms with van der Waals surface area (Å²) in [6.45, 7) is 0.944. The van der Waals surface area contributed by atoms with Crippen LogP contribution < -0.4 is 15.5 Å². The van der Waals surface area contributed by atoms with Crippen LogP contribution in [0, 0.1) is 0 Å². The molecule has 0 aliphatic heterocycles. The molecule has 19 heteroatoms. The number of carbonyl (C=O) groups excluding carboxylic acids is 2. The monoisotopic (exact) mass is 664 g/mol. The van der Waals surface area contributed by atoms with Crippen LogP contribution >= 0.6 is 38.4 Å². The number of hydrogen-bond donors (Lipinski definition) is 7. The van der Waals surface area contributed by atoms with E-state index in [9.17, 15) is 23.8 Å². The summed E-state index contributed by atoms with van der Waals surface area (Å²) in [7, 11) is -10.9. The molecule has 8 N–H and O–H groups in total. The van der Waals surface area contributed by atoms with Crippen LogP contribution in [0.3, 0.4) is 0 Å². The minimum atomic E-state index is -5.47. The van der Waals surface area contributed by atoms with Gasteiger partial charge in [0.2, 0.25) is 5.91 Å². The molecule has 1 rings (SSSR count). The second kappa shape index (κ2) is 21.0. The zero-order valence-corrected chi connectivity index (χ0v) is 22.9. The standard InChI is InChI=1S/C20H33Cl2N3O9P2.3Na.3H/c21-9-12-25(15-26,13-10-22)17-6-4-16(5-7-17)14-18(23)19(27)24-11-3-1-2-8-20(28,35(29,30)31)36(32,33)34;;;;;;/h4-7,15,18,28H,1-3,8-14,23H2,(H4-,24,27,29,30,31,32,33,34);;;;;;/p+1/t18-;;;;;;/m0....../s1. The van der Waals surface area contributed by atoms with Gasteiger partial charge in [0, 0.05) is 6.54 Å². The fourth-order valence-corrected chi connectivity index (χ4v) is 6.44. The number of halogens is 2. The summed E-state index contributed by atoms with van der Waals surface area (Å²) in [5.41, 5.74) is 7.47. The van der Waals surface area contributed by atoms with Crippen molar-refractivity contribution in [3.63, 3.8) is 0 Å². The minimum absolute atomic E-state index is 0. The Morgan fingerprint density at radius 2 is 1.46 bits per heavy atom. The van der Waals surface area contributed by atoms with Crippen LogP contribution in [0.5, 0.6) is 0 Å². The van der Waals surface area contributed by atoms with Gasteiger partial charge >= 0.3 is 110 Å². The number of carbonyl (C=O) groups is 2. The Balaban J connectivity index is -0.00000432. The molecule has 212 valence electrons. The second-order valence-corrected chi connectivity index (χ2v) is 13.2. The third-order valence-corrected chi connectivity index (χ3v) is 10.0. The van der Waals surface area contributed by atoms with Gasteiger partial charge in [-0.15, -0.1) is 23.2 Å². The maximum absolute atomic E-state index is 12.3. The van der Waals surface area contributed by atoms with Gasteiger partial charge in [0.25, 0.3) is 5.08 Å². The Bertz CT molecular complexity index is 944. The number of quaternary nitrogens is 1. The van der Waals surface area contributed by atoms with Crippen LogP contribution in [0.1, 0.15) is 31.2 Å². The van der Waals surface area contributed by atoms with E-state index in [4.69, 9.17) is 48.5 Å². The van der Waals surface area contributed by atoms with Crippen molar-refractivity contribution in [2.45, 2.75) is 43.2 Å². The molecule has 0 fully saturated rings. The molecule has 1 atom stereocenters. The number of benzene rings is 1. The van der Waals surface area contributed by atoms with Crippen LogP contribution in [0.15, 0.2) is 24.3 Å². The molecule has 0 aliphatic rings. The van der Waals surface area contributed by atoms with Gasteiger partial charge in [-0.3, -0.25) is 13.9 Å². The molecule has 0 saturated heterocycles. The first-order valence-corrected chi connectivity index (χ1v) is 15.4. The number of nitrogens with one attached hydrogen (secondary N) is 1. The number of rotatable bonds is 17. The van der Waals surface area contributed by atoms with Crippen molar-refractivity contribution in [3.8, 4) is 0 Å². The van der Waals surface area contributed by atoms with E-state index in [-0.39, 0.29) is 131 Å². The summed E-state index contributed by atoms with van der Waals surface area (Å²) >= 11 is 11.7. The molecule has 0 unspecified atom stereocenters. The topological polar surface area (TPSA) is 207 Å². The van der Waals surface area contributed by atoms with E-state index >= 15 is 0 Å². The van der Waals surface area contributed by atoms with Gasteiger partial charge in [-0.05, 0) is 43.4 Å². The summed E-state index contributed by atoms with van der Waals surface area (Å²) < 4.78 is 22.6. The predicted octanol–water partition coefficient (Wildman–Crippen LogP) is -0.770. The Labute approximate surface area is 304 Å².